The lowest BCUT2D eigenvalue weighted by atomic mass is 10.1. The zero-order chi connectivity index (χ0) is 20.0. The molecule has 3 aromatic carbocycles. The first-order valence-corrected chi connectivity index (χ1v) is 10.4. The van der Waals surface area contributed by atoms with Crippen LogP contribution in [0.25, 0.3) is 0 Å². The van der Waals surface area contributed by atoms with Crippen molar-refractivity contribution in [3.63, 3.8) is 0 Å². The van der Waals surface area contributed by atoms with Crippen LogP contribution in [0.5, 0.6) is 0 Å². The quantitative estimate of drug-likeness (QED) is 0.641. The number of sulfonamides is 1. The van der Waals surface area contributed by atoms with Gasteiger partial charge in [-0.3, -0.25) is 4.79 Å². The van der Waals surface area contributed by atoms with E-state index in [-0.39, 0.29) is 10.8 Å². The van der Waals surface area contributed by atoms with Crippen molar-refractivity contribution in [3.8, 4) is 0 Å². The number of rotatable bonds is 7. The van der Waals surface area contributed by atoms with Crippen molar-refractivity contribution in [3.05, 3.63) is 95.6 Å². The van der Waals surface area contributed by atoms with Crippen LogP contribution in [-0.2, 0) is 16.4 Å². The number of amides is 1. The van der Waals surface area contributed by atoms with Gasteiger partial charge < -0.3 is 5.32 Å². The lowest BCUT2D eigenvalue weighted by Crippen LogP contribution is -2.26. The van der Waals surface area contributed by atoms with E-state index in [9.17, 15) is 13.2 Å². The van der Waals surface area contributed by atoms with E-state index in [0.717, 1.165) is 11.1 Å². The second-order valence-corrected chi connectivity index (χ2v) is 8.25. The number of benzene rings is 3. The summed E-state index contributed by atoms with van der Waals surface area (Å²) in [5.41, 5.74) is 3.16. The predicted octanol–water partition coefficient (Wildman–Crippen LogP) is 3.77. The van der Waals surface area contributed by atoms with Gasteiger partial charge in [0.25, 0.3) is 5.91 Å². The first-order chi connectivity index (χ1) is 13.4. The molecule has 6 heteroatoms. The monoisotopic (exact) mass is 394 g/mol. The molecule has 0 fully saturated rings. The molecule has 0 radical (unpaired) electrons. The van der Waals surface area contributed by atoms with E-state index >= 15 is 0 Å². The third-order valence-corrected chi connectivity index (χ3v) is 5.73. The molecule has 28 heavy (non-hydrogen) atoms. The molecule has 0 aliphatic heterocycles. The van der Waals surface area contributed by atoms with E-state index in [1.807, 2.05) is 49.4 Å². The minimum Gasteiger partial charge on any atom is -0.322 e. The van der Waals surface area contributed by atoms with Crippen LogP contribution < -0.4 is 10.0 Å². The number of carbonyl (C=O) groups is 1. The highest BCUT2D eigenvalue weighted by atomic mass is 32.2. The first-order valence-electron chi connectivity index (χ1n) is 8.96. The number of nitrogens with one attached hydrogen (secondary N) is 2. The zero-order valence-electron chi connectivity index (χ0n) is 15.6. The SMILES string of the molecule is Cc1cccc(C(=O)Nc2ccc(S(=O)(=O)NCCc3ccccc3)cc2)c1. The van der Waals surface area contributed by atoms with E-state index in [1.165, 1.54) is 12.1 Å². The average Bonchev–Trinajstić information content (AvgIpc) is 2.69. The molecule has 0 aliphatic carbocycles. The molecule has 0 saturated heterocycles. The summed E-state index contributed by atoms with van der Waals surface area (Å²) in [6.07, 6.45) is 0.616. The Kier molecular flexibility index (Phi) is 6.23. The van der Waals surface area contributed by atoms with Crippen molar-refractivity contribution < 1.29 is 13.2 Å². The normalized spacial score (nSPS) is 11.2. The van der Waals surface area contributed by atoms with Crippen LogP contribution in [0.4, 0.5) is 5.69 Å². The average molecular weight is 394 g/mol. The van der Waals surface area contributed by atoms with Gasteiger partial charge in [0.2, 0.25) is 10.0 Å². The Labute approximate surface area is 165 Å². The van der Waals surface area contributed by atoms with Gasteiger partial charge >= 0.3 is 0 Å². The molecule has 0 saturated carbocycles. The molecule has 3 rings (SSSR count). The highest BCUT2D eigenvalue weighted by Gasteiger charge is 2.14. The molecule has 144 valence electrons. The van der Waals surface area contributed by atoms with Gasteiger partial charge in [0, 0.05) is 17.8 Å². The molecule has 2 N–H and O–H groups in total. The number of aryl methyl sites for hydroxylation is 1. The molecule has 0 bridgehead atoms. The Balaban J connectivity index is 1.60. The Morgan fingerprint density at radius 3 is 2.29 bits per heavy atom. The van der Waals surface area contributed by atoms with Gasteiger partial charge in [-0.25, -0.2) is 13.1 Å². The van der Waals surface area contributed by atoms with Gasteiger partial charge in [-0.05, 0) is 55.3 Å². The maximum absolute atomic E-state index is 12.4. The van der Waals surface area contributed by atoms with Crippen LogP contribution in [0.15, 0.2) is 83.8 Å². The zero-order valence-corrected chi connectivity index (χ0v) is 16.4. The fourth-order valence-corrected chi connectivity index (χ4v) is 3.80. The fourth-order valence-electron chi connectivity index (χ4n) is 2.76. The van der Waals surface area contributed by atoms with Gasteiger partial charge in [0.05, 0.1) is 4.90 Å². The van der Waals surface area contributed by atoms with Crippen molar-refractivity contribution in [2.45, 2.75) is 18.2 Å². The van der Waals surface area contributed by atoms with Gasteiger partial charge in [-0.1, -0.05) is 48.0 Å². The minimum atomic E-state index is -3.60. The molecule has 0 spiro atoms. The molecule has 0 aromatic heterocycles. The van der Waals surface area contributed by atoms with Crippen LogP contribution >= 0.6 is 0 Å². The Morgan fingerprint density at radius 1 is 0.893 bits per heavy atom. The summed E-state index contributed by atoms with van der Waals surface area (Å²) in [4.78, 5) is 12.4. The second kappa shape index (κ2) is 8.82. The van der Waals surface area contributed by atoms with Gasteiger partial charge in [0.15, 0.2) is 0 Å². The molecule has 3 aromatic rings. The fraction of sp³-hybridized carbons (Fsp3) is 0.136. The maximum Gasteiger partial charge on any atom is 0.255 e. The summed E-state index contributed by atoms with van der Waals surface area (Å²) >= 11 is 0. The molecule has 5 nitrogen and oxygen atoms in total. The van der Waals surface area contributed by atoms with Crippen LogP contribution in [0, 0.1) is 6.92 Å². The second-order valence-electron chi connectivity index (χ2n) is 6.48. The maximum atomic E-state index is 12.4. The molecule has 0 unspecified atom stereocenters. The van der Waals surface area contributed by atoms with Crippen molar-refractivity contribution >= 4 is 21.6 Å². The lowest BCUT2D eigenvalue weighted by Gasteiger charge is -2.09. The van der Waals surface area contributed by atoms with Crippen LogP contribution in [0.2, 0.25) is 0 Å². The summed E-state index contributed by atoms with van der Waals surface area (Å²) < 4.78 is 27.4. The van der Waals surface area contributed by atoms with E-state index in [0.29, 0.717) is 24.2 Å². The summed E-state index contributed by atoms with van der Waals surface area (Å²) in [7, 11) is -3.60. The molecular formula is C22H22N2O3S. The van der Waals surface area contributed by atoms with E-state index < -0.39 is 10.0 Å². The lowest BCUT2D eigenvalue weighted by molar-refractivity contribution is 0.102. The number of anilines is 1. The summed E-state index contributed by atoms with van der Waals surface area (Å²) in [6, 6.07) is 23.1. The summed E-state index contributed by atoms with van der Waals surface area (Å²) in [5.74, 6) is -0.236. The van der Waals surface area contributed by atoms with Crippen LogP contribution in [0.1, 0.15) is 21.5 Å². The molecule has 0 atom stereocenters. The topological polar surface area (TPSA) is 75.3 Å². The largest absolute Gasteiger partial charge is 0.322 e. The van der Waals surface area contributed by atoms with E-state index in [1.54, 1.807) is 24.3 Å². The molecule has 0 heterocycles. The number of carbonyl (C=O) groups excluding carboxylic acids is 1. The molecule has 1 amide bonds. The smallest absolute Gasteiger partial charge is 0.255 e. The molecule has 0 aliphatic rings. The third-order valence-electron chi connectivity index (χ3n) is 4.25. The predicted molar refractivity (Wildman–Crippen MR) is 111 cm³/mol. The van der Waals surface area contributed by atoms with Gasteiger partial charge in [-0.2, -0.15) is 0 Å². The molecular weight excluding hydrogens is 372 g/mol. The van der Waals surface area contributed by atoms with Crippen LogP contribution in [0.3, 0.4) is 0 Å². The van der Waals surface area contributed by atoms with E-state index in [4.69, 9.17) is 0 Å². The number of hydrogen-bond donors (Lipinski definition) is 2. The Morgan fingerprint density at radius 2 is 1.61 bits per heavy atom. The van der Waals surface area contributed by atoms with E-state index in [2.05, 4.69) is 10.0 Å². The first kappa shape index (κ1) is 19.8. The highest BCUT2D eigenvalue weighted by Crippen LogP contribution is 2.15. The summed E-state index contributed by atoms with van der Waals surface area (Å²) in [6.45, 7) is 2.24. The van der Waals surface area contributed by atoms with Crippen molar-refractivity contribution in [1.82, 2.24) is 4.72 Å². The van der Waals surface area contributed by atoms with Crippen molar-refractivity contribution in [2.24, 2.45) is 0 Å². The van der Waals surface area contributed by atoms with Gasteiger partial charge in [0.1, 0.15) is 0 Å². The number of hydrogen-bond acceptors (Lipinski definition) is 3. The standard InChI is InChI=1S/C22H22N2O3S/c1-17-6-5-9-19(16-17)22(25)24-20-10-12-21(13-11-20)28(26,27)23-15-14-18-7-3-2-4-8-18/h2-13,16,23H,14-15H2,1H3,(H,24,25). The Bertz CT molecular complexity index is 1050. The van der Waals surface area contributed by atoms with Crippen molar-refractivity contribution in [2.75, 3.05) is 11.9 Å². The highest BCUT2D eigenvalue weighted by molar-refractivity contribution is 7.89. The summed E-state index contributed by atoms with van der Waals surface area (Å²) in [5, 5.41) is 2.77. The Hall–Kier alpha value is -2.96. The van der Waals surface area contributed by atoms with Crippen molar-refractivity contribution in [1.29, 1.82) is 0 Å². The third kappa shape index (κ3) is 5.28. The minimum absolute atomic E-state index is 0.161. The van der Waals surface area contributed by atoms with Crippen LogP contribution in [-0.4, -0.2) is 20.9 Å². The van der Waals surface area contributed by atoms with Gasteiger partial charge in [-0.15, -0.1) is 0 Å².